The molecule has 4 aromatic rings. The Morgan fingerprint density at radius 2 is 1.64 bits per heavy atom. The molecular formula is C18H10ClNO2. The van der Waals surface area contributed by atoms with Gasteiger partial charge in [-0.3, -0.25) is 4.79 Å². The zero-order valence-corrected chi connectivity index (χ0v) is 12.2. The lowest BCUT2D eigenvalue weighted by atomic mass is 10.1. The van der Waals surface area contributed by atoms with Crippen molar-refractivity contribution in [3.8, 4) is 11.3 Å². The minimum absolute atomic E-state index is 0.0630. The largest absolute Gasteiger partial charge is 0.437 e. The highest BCUT2D eigenvalue weighted by atomic mass is 35.5. The van der Waals surface area contributed by atoms with Gasteiger partial charge in [0.25, 0.3) is 0 Å². The first kappa shape index (κ1) is 13.0. The van der Waals surface area contributed by atoms with Crippen molar-refractivity contribution in [3.05, 3.63) is 75.9 Å². The van der Waals surface area contributed by atoms with Gasteiger partial charge in [0.05, 0.1) is 16.5 Å². The van der Waals surface area contributed by atoms with E-state index < -0.39 is 0 Å². The van der Waals surface area contributed by atoms with Gasteiger partial charge in [-0.05, 0) is 36.4 Å². The van der Waals surface area contributed by atoms with Crippen LogP contribution in [0.15, 0.2) is 69.9 Å². The molecule has 0 fully saturated rings. The number of aromatic nitrogens is 1. The summed E-state index contributed by atoms with van der Waals surface area (Å²) < 4.78 is 5.78. The monoisotopic (exact) mass is 307 g/mol. The zero-order chi connectivity index (χ0) is 15.1. The van der Waals surface area contributed by atoms with Crippen LogP contribution in [-0.2, 0) is 0 Å². The number of pyridine rings is 1. The van der Waals surface area contributed by atoms with E-state index >= 15 is 0 Å². The molecule has 106 valence electrons. The van der Waals surface area contributed by atoms with Crippen LogP contribution in [0.25, 0.3) is 33.3 Å². The minimum Gasteiger partial charge on any atom is -0.437 e. The maximum absolute atomic E-state index is 12.5. The highest BCUT2D eigenvalue weighted by Gasteiger charge is 2.09. The van der Waals surface area contributed by atoms with Gasteiger partial charge in [0.15, 0.2) is 0 Å². The molecule has 4 heteroatoms. The standard InChI is InChI=1S/C18H10ClNO2/c19-12-7-5-11(6-8-12)15-10-9-14-17(21)13-3-1-2-4-16(13)22-18(14)20-15/h1-10H. The number of fused-ring (bicyclic) bond motifs is 2. The zero-order valence-electron chi connectivity index (χ0n) is 11.4. The maximum Gasteiger partial charge on any atom is 0.231 e. The predicted molar refractivity (Wildman–Crippen MR) is 88.2 cm³/mol. The molecule has 0 aliphatic rings. The first-order chi connectivity index (χ1) is 10.7. The van der Waals surface area contributed by atoms with Crippen molar-refractivity contribution in [2.45, 2.75) is 0 Å². The molecule has 0 spiro atoms. The van der Waals surface area contributed by atoms with Crippen LogP contribution in [-0.4, -0.2) is 4.98 Å². The molecule has 2 aromatic heterocycles. The van der Waals surface area contributed by atoms with Crippen molar-refractivity contribution in [2.24, 2.45) is 0 Å². The van der Waals surface area contributed by atoms with E-state index in [9.17, 15) is 4.79 Å². The van der Waals surface area contributed by atoms with E-state index in [1.165, 1.54) is 0 Å². The van der Waals surface area contributed by atoms with Crippen molar-refractivity contribution in [1.82, 2.24) is 4.98 Å². The molecule has 3 nitrogen and oxygen atoms in total. The average Bonchev–Trinajstić information content (AvgIpc) is 2.55. The molecule has 0 aliphatic carbocycles. The molecule has 0 atom stereocenters. The van der Waals surface area contributed by atoms with Crippen LogP contribution in [0.2, 0.25) is 5.02 Å². The van der Waals surface area contributed by atoms with E-state index in [-0.39, 0.29) is 5.43 Å². The summed E-state index contributed by atoms with van der Waals surface area (Å²) in [4.78, 5) is 16.9. The summed E-state index contributed by atoms with van der Waals surface area (Å²) in [6.45, 7) is 0. The third-order valence-corrected chi connectivity index (χ3v) is 3.84. The lowest BCUT2D eigenvalue weighted by molar-refractivity contribution is 0.645. The van der Waals surface area contributed by atoms with Crippen molar-refractivity contribution < 1.29 is 4.42 Å². The number of benzene rings is 2. The average molecular weight is 308 g/mol. The van der Waals surface area contributed by atoms with Crippen LogP contribution in [0, 0.1) is 0 Å². The molecule has 0 N–H and O–H groups in total. The molecule has 22 heavy (non-hydrogen) atoms. The second-order valence-electron chi connectivity index (χ2n) is 4.98. The quantitative estimate of drug-likeness (QED) is 0.480. The number of halogens is 1. The van der Waals surface area contributed by atoms with E-state index in [0.29, 0.717) is 27.1 Å². The van der Waals surface area contributed by atoms with Crippen molar-refractivity contribution in [2.75, 3.05) is 0 Å². The smallest absolute Gasteiger partial charge is 0.231 e. The summed E-state index contributed by atoms with van der Waals surface area (Å²) >= 11 is 5.90. The molecule has 0 unspecified atom stereocenters. The predicted octanol–water partition coefficient (Wildman–Crippen LogP) is 4.66. The van der Waals surface area contributed by atoms with Crippen molar-refractivity contribution in [3.63, 3.8) is 0 Å². The van der Waals surface area contributed by atoms with Gasteiger partial charge in [0, 0.05) is 10.6 Å². The van der Waals surface area contributed by atoms with Crippen LogP contribution in [0.1, 0.15) is 0 Å². The van der Waals surface area contributed by atoms with Crippen LogP contribution < -0.4 is 5.43 Å². The Hall–Kier alpha value is -2.65. The van der Waals surface area contributed by atoms with Gasteiger partial charge in [0.1, 0.15) is 5.58 Å². The lowest BCUT2D eigenvalue weighted by Gasteiger charge is -2.04. The number of hydrogen-bond acceptors (Lipinski definition) is 3. The first-order valence-electron chi connectivity index (χ1n) is 6.81. The minimum atomic E-state index is -0.0630. The van der Waals surface area contributed by atoms with Gasteiger partial charge >= 0.3 is 0 Å². The molecule has 2 heterocycles. The van der Waals surface area contributed by atoms with E-state index in [2.05, 4.69) is 4.98 Å². The fourth-order valence-corrected chi connectivity index (χ4v) is 2.59. The Morgan fingerprint density at radius 1 is 0.864 bits per heavy atom. The van der Waals surface area contributed by atoms with Crippen molar-refractivity contribution in [1.29, 1.82) is 0 Å². The van der Waals surface area contributed by atoms with Gasteiger partial charge < -0.3 is 4.42 Å². The number of para-hydroxylation sites is 1. The Labute approximate surface area is 130 Å². The normalized spacial score (nSPS) is 11.1. The Balaban J connectivity index is 1.99. The topological polar surface area (TPSA) is 43.1 Å². The van der Waals surface area contributed by atoms with E-state index in [0.717, 1.165) is 11.3 Å². The van der Waals surface area contributed by atoms with Crippen LogP contribution >= 0.6 is 11.6 Å². The second kappa shape index (κ2) is 4.97. The molecule has 0 amide bonds. The lowest BCUT2D eigenvalue weighted by Crippen LogP contribution is -2.03. The molecule has 0 bridgehead atoms. The number of nitrogens with zero attached hydrogens (tertiary/aromatic N) is 1. The van der Waals surface area contributed by atoms with Crippen molar-refractivity contribution >= 4 is 33.7 Å². The summed E-state index contributed by atoms with van der Waals surface area (Å²) in [6.07, 6.45) is 0. The Morgan fingerprint density at radius 3 is 2.45 bits per heavy atom. The summed E-state index contributed by atoms with van der Waals surface area (Å²) in [7, 11) is 0. The molecule has 0 saturated carbocycles. The molecule has 4 rings (SSSR count). The van der Waals surface area contributed by atoms with Gasteiger partial charge in [-0.15, -0.1) is 0 Å². The number of hydrogen-bond donors (Lipinski definition) is 0. The third kappa shape index (κ3) is 2.07. The molecule has 0 aliphatic heterocycles. The highest BCUT2D eigenvalue weighted by molar-refractivity contribution is 6.30. The SMILES string of the molecule is O=c1c2ccccc2oc2nc(-c3ccc(Cl)cc3)ccc12. The maximum atomic E-state index is 12.5. The first-order valence-corrected chi connectivity index (χ1v) is 7.19. The Kier molecular flexibility index (Phi) is 2.94. The molecular weight excluding hydrogens is 298 g/mol. The second-order valence-corrected chi connectivity index (χ2v) is 5.42. The van der Waals surface area contributed by atoms with E-state index in [1.807, 2.05) is 30.3 Å². The molecule has 2 aromatic carbocycles. The summed E-state index contributed by atoms with van der Waals surface area (Å²) in [5, 5.41) is 1.72. The van der Waals surface area contributed by atoms with Gasteiger partial charge in [-0.25, -0.2) is 4.98 Å². The number of rotatable bonds is 1. The van der Waals surface area contributed by atoms with Crippen LogP contribution in [0.4, 0.5) is 0 Å². The molecule has 0 radical (unpaired) electrons. The summed E-state index contributed by atoms with van der Waals surface area (Å²) in [5.41, 5.74) is 2.48. The summed E-state index contributed by atoms with van der Waals surface area (Å²) in [5.74, 6) is 0. The van der Waals surface area contributed by atoms with Gasteiger partial charge in [-0.2, -0.15) is 0 Å². The third-order valence-electron chi connectivity index (χ3n) is 3.58. The van der Waals surface area contributed by atoms with E-state index in [4.69, 9.17) is 16.0 Å². The van der Waals surface area contributed by atoms with E-state index in [1.54, 1.807) is 30.3 Å². The highest BCUT2D eigenvalue weighted by Crippen LogP contribution is 2.23. The van der Waals surface area contributed by atoms with Gasteiger partial charge in [0.2, 0.25) is 11.1 Å². The summed E-state index contributed by atoms with van der Waals surface area (Å²) in [6, 6.07) is 18.1. The molecule has 0 saturated heterocycles. The fraction of sp³-hybridized carbons (Fsp3) is 0. The van der Waals surface area contributed by atoms with Gasteiger partial charge in [-0.1, -0.05) is 35.9 Å². The fourth-order valence-electron chi connectivity index (χ4n) is 2.46. The van der Waals surface area contributed by atoms with Crippen LogP contribution in [0.3, 0.4) is 0 Å². The van der Waals surface area contributed by atoms with Crippen LogP contribution in [0.5, 0.6) is 0 Å². The Bertz CT molecular complexity index is 1050.